The molecule has 0 atom stereocenters. The number of nitrogens with one attached hydrogen (secondary N) is 1. The van der Waals surface area contributed by atoms with Crippen LogP contribution in [0.5, 0.6) is 0 Å². The van der Waals surface area contributed by atoms with Crippen molar-refractivity contribution >= 4 is 17.7 Å². The van der Waals surface area contributed by atoms with Crippen molar-refractivity contribution in [3.8, 4) is 0 Å². The molecule has 1 amide bonds. The first-order chi connectivity index (χ1) is 14.3. The Morgan fingerprint density at radius 1 is 1.10 bits per heavy atom. The summed E-state index contributed by atoms with van der Waals surface area (Å²) in [4.78, 5) is 21.4. The van der Waals surface area contributed by atoms with E-state index in [9.17, 15) is 4.79 Å². The molecule has 1 aromatic heterocycles. The Balaban J connectivity index is 1.46. The Morgan fingerprint density at radius 2 is 1.90 bits per heavy atom. The van der Waals surface area contributed by atoms with Gasteiger partial charge in [0.05, 0.1) is 0 Å². The summed E-state index contributed by atoms with van der Waals surface area (Å²) in [5.41, 5.74) is 2.83. The fourth-order valence-electron chi connectivity index (χ4n) is 3.50. The SMILES string of the molecule is CCCCCNC(=O)c1cc(N2CCN(C/C=C/c3ccccc3)CC2)ccn1. The summed E-state index contributed by atoms with van der Waals surface area (Å²) < 4.78 is 0. The Morgan fingerprint density at radius 3 is 2.66 bits per heavy atom. The first-order valence-electron chi connectivity index (χ1n) is 10.7. The van der Waals surface area contributed by atoms with E-state index < -0.39 is 0 Å². The van der Waals surface area contributed by atoms with E-state index in [1.165, 1.54) is 5.56 Å². The molecule has 0 saturated carbocycles. The normalized spacial score (nSPS) is 15.0. The van der Waals surface area contributed by atoms with Gasteiger partial charge in [-0.05, 0) is 24.1 Å². The highest BCUT2D eigenvalue weighted by Crippen LogP contribution is 2.17. The van der Waals surface area contributed by atoms with Gasteiger partial charge >= 0.3 is 0 Å². The van der Waals surface area contributed by atoms with E-state index in [2.05, 4.69) is 63.4 Å². The summed E-state index contributed by atoms with van der Waals surface area (Å²) in [6, 6.07) is 14.3. The van der Waals surface area contributed by atoms with E-state index >= 15 is 0 Å². The first-order valence-corrected chi connectivity index (χ1v) is 10.7. The second-order valence-corrected chi connectivity index (χ2v) is 7.46. The number of hydrogen-bond donors (Lipinski definition) is 1. The van der Waals surface area contributed by atoms with Gasteiger partial charge in [-0.1, -0.05) is 62.2 Å². The highest BCUT2D eigenvalue weighted by Gasteiger charge is 2.17. The number of hydrogen-bond acceptors (Lipinski definition) is 4. The average Bonchev–Trinajstić information content (AvgIpc) is 2.78. The molecule has 1 saturated heterocycles. The molecule has 0 unspecified atom stereocenters. The van der Waals surface area contributed by atoms with Crippen LogP contribution in [-0.2, 0) is 0 Å². The maximum atomic E-state index is 12.3. The number of carbonyl (C=O) groups is 1. The van der Waals surface area contributed by atoms with Crippen LogP contribution >= 0.6 is 0 Å². The maximum Gasteiger partial charge on any atom is 0.269 e. The quantitative estimate of drug-likeness (QED) is 0.659. The molecule has 0 radical (unpaired) electrons. The molecule has 1 N–H and O–H groups in total. The summed E-state index contributed by atoms with van der Waals surface area (Å²) in [6.07, 6.45) is 9.46. The van der Waals surface area contributed by atoms with Crippen LogP contribution in [0.25, 0.3) is 6.08 Å². The molecule has 154 valence electrons. The van der Waals surface area contributed by atoms with Gasteiger partial charge in [0.15, 0.2) is 0 Å². The van der Waals surface area contributed by atoms with Crippen LogP contribution in [-0.4, -0.2) is 55.1 Å². The van der Waals surface area contributed by atoms with Gasteiger partial charge in [0.25, 0.3) is 5.91 Å². The molecule has 1 fully saturated rings. The number of amides is 1. The second-order valence-electron chi connectivity index (χ2n) is 7.46. The number of unbranched alkanes of at least 4 members (excludes halogenated alkanes) is 2. The highest BCUT2D eigenvalue weighted by atomic mass is 16.1. The Hall–Kier alpha value is -2.66. The third-order valence-corrected chi connectivity index (χ3v) is 5.25. The van der Waals surface area contributed by atoms with E-state index in [0.717, 1.165) is 57.7 Å². The smallest absolute Gasteiger partial charge is 0.269 e. The second kappa shape index (κ2) is 11.4. The molecule has 3 rings (SSSR count). The molecule has 1 aromatic carbocycles. The maximum absolute atomic E-state index is 12.3. The molecular weight excluding hydrogens is 360 g/mol. The summed E-state index contributed by atoms with van der Waals surface area (Å²) >= 11 is 0. The molecule has 2 heterocycles. The zero-order valence-electron chi connectivity index (χ0n) is 17.4. The number of carbonyl (C=O) groups excluding carboxylic acids is 1. The van der Waals surface area contributed by atoms with Gasteiger partial charge in [-0.25, -0.2) is 0 Å². The molecule has 1 aliphatic heterocycles. The molecule has 29 heavy (non-hydrogen) atoms. The van der Waals surface area contributed by atoms with Crippen LogP contribution < -0.4 is 10.2 Å². The minimum atomic E-state index is -0.0763. The van der Waals surface area contributed by atoms with Crippen LogP contribution in [0.4, 0.5) is 5.69 Å². The third-order valence-electron chi connectivity index (χ3n) is 5.25. The molecule has 0 aliphatic carbocycles. The van der Waals surface area contributed by atoms with Crippen molar-refractivity contribution in [3.63, 3.8) is 0 Å². The monoisotopic (exact) mass is 392 g/mol. The van der Waals surface area contributed by atoms with Crippen molar-refractivity contribution in [2.45, 2.75) is 26.2 Å². The molecule has 1 aliphatic rings. The minimum Gasteiger partial charge on any atom is -0.369 e. The van der Waals surface area contributed by atoms with E-state index in [4.69, 9.17) is 0 Å². The molecule has 2 aromatic rings. The lowest BCUT2D eigenvalue weighted by molar-refractivity contribution is 0.0948. The van der Waals surface area contributed by atoms with Gasteiger partial charge in [-0.3, -0.25) is 14.7 Å². The summed E-state index contributed by atoms with van der Waals surface area (Å²) in [5, 5.41) is 2.97. The molecular formula is C24H32N4O. The van der Waals surface area contributed by atoms with Crippen LogP contribution in [0.2, 0.25) is 0 Å². The zero-order chi connectivity index (χ0) is 20.3. The van der Waals surface area contributed by atoms with Crippen molar-refractivity contribution in [1.82, 2.24) is 15.2 Å². The molecule has 5 nitrogen and oxygen atoms in total. The number of anilines is 1. The fraction of sp³-hybridized carbons (Fsp3) is 0.417. The standard InChI is InChI=1S/C24H32N4O/c1-2-3-7-13-26-24(29)23-20-22(12-14-25-23)28-18-16-27(17-19-28)15-8-11-21-9-5-4-6-10-21/h4-6,8-12,14,20H,2-3,7,13,15-19H2,1H3,(H,26,29)/b11-8+. The lowest BCUT2D eigenvalue weighted by Crippen LogP contribution is -2.46. The number of aromatic nitrogens is 1. The zero-order valence-corrected chi connectivity index (χ0v) is 17.4. The van der Waals surface area contributed by atoms with Crippen molar-refractivity contribution in [2.75, 3.05) is 44.2 Å². The van der Waals surface area contributed by atoms with Crippen molar-refractivity contribution < 1.29 is 4.79 Å². The lowest BCUT2D eigenvalue weighted by Gasteiger charge is -2.35. The van der Waals surface area contributed by atoms with Crippen molar-refractivity contribution in [3.05, 3.63) is 66.0 Å². The number of pyridine rings is 1. The van der Waals surface area contributed by atoms with E-state index in [0.29, 0.717) is 12.2 Å². The predicted molar refractivity (Wildman–Crippen MR) is 120 cm³/mol. The van der Waals surface area contributed by atoms with Crippen LogP contribution in [0.1, 0.15) is 42.2 Å². The van der Waals surface area contributed by atoms with E-state index in [1.807, 2.05) is 18.2 Å². The average molecular weight is 393 g/mol. The minimum absolute atomic E-state index is 0.0763. The largest absolute Gasteiger partial charge is 0.369 e. The lowest BCUT2D eigenvalue weighted by atomic mass is 10.2. The van der Waals surface area contributed by atoms with Crippen LogP contribution in [0, 0.1) is 0 Å². The fourth-order valence-corrected chi connectivity index (χ4v) is 3.50. The Labute approximate surface area is 174 Å². The summed E-state index contributed by atoms with van der Waals surface area (Å²) in [5.74, 6) is -0.0763. The van der Waals surface area contributed by atoms with Gasteiger partial charge in [0, 0.05) is 51.2 Å². The van der Waals surface area contributed by atoms with Gasteiger partial charge in [-0.2, -0.15) is 0 Å². The molecule has 0 spiro atoms. The van der Waals surface area contributed by atoms with Gasteiger partial charge in [0.2, 0.25) is 0 Å². The Bertz CT molecular complexity index is 782. The van der Waals surface area contributed by atoms with E-state index in [1.54, 1.807) is 6.20 Å². The third kappa shape index (κ3) is 6.71. The number of benzene rings is 1. The number of nitrogens with zero attached hydrogens (tertiary/aromatic N) is 3. The molecule has 5 heteroatoms. The first kappa shape index (κ1) is 21.1. The van der Waals surface area contributed by atoms with Gasteiger partial charge in [-0.15, -0.1) is 0 Å². The van der Waals surface area contributed by atoms with Crippen molar-refractivity contribution in [1.29, 1.82) is 0 Å². The Kier molecular flexibility index (Phi) is 8.25. The number of rotatable bonds is 9. The molecule has 0 bridgehead atoms. The van der Waals surface area contributed by atoms with Gasteiger partial charge < -0.3 is 10.2 Å². The predicted octanol–water partition coefficient (Wildman–Crippen LogP) is 3.84. The highest BCUT2D eigenvalue weighted by molar-refractivity contribution is 5.93. The number of piperazine rings is 1. The van der Waals surface area contributed by atoms with Crippen molar-refractivity contribution in [2.24, 2.45) is 0 Å². The summed E-state index contributed by atoms with van der Waals surface area (Å²) in [7, 11) is 0. The topological polar surface area (TPSA) is 48.5 Å². The summed E-state index contributed by atoms with van der Waals surface area (Å²) in [6.45, 7) is 7.78. The van der Waals surface area contributed by atoms with E-state index in [-0.39, 0.29) is 5.91 Å². The van der Waals surface area contributed by atoms with Crippen LogP contribution in [0.15, 0.2) is 54.7 Å². The van der Waals surface area contributed by atoms with Crippen LogP contribution in [0.3, 0.4) is 0 Å². The van der Waals surface area contributed by atoms with Gasteiger partial charge in [0.1, 0.15) is 5.69 Å².